The van der Waals surface area contributed by atoms with Gasteiger partial charge < -0.3 is 10.8 Å². The number of rotatable bonds is 4. The summed E-state index contributed by atoms with van der Waals surface area (Å²) in [6, 6.07) is 7.96. The first kappa shape index (κ1) is 12.7. The number of halogens is 1. The first-order chi connectivity index (χ1) is 8.20. The number of aliphatic hydroxyl groups excluding tert-OH is 1. The highest BCUT2D eigenvalue weighted by Crippen LogP contribution is 2.29. The second-order valence-corrected chi connectivity index (χ2v) is 5.50. The van der Waals surface area contributed by atoms with Crippen molar-refractivity contribution in [2.45, 2.75) is 12.5 Å². The fraction of sp³-hybridized carbons (Fsp3) is 0.250. The van der Waals surface area contributed by atoms with E-state index in [4.69, 9.17) is 5.73 Å². The summed E-state index contributed by atoms with van der Waals surface area (Å²) in [5.41, 5.74) is 7.38. The van der Waals surface area contributed by atoms with Crippen molar-refractivity contribution in [1.82, 2.24) is 4.98 Å². The lowest BCUT2D eigenvalue weighted by Crippen LogP contribution is -2.21. The summed E-state index contributed by atoms with van der Waals surface area (Å²) in [7, 11) is 0. The van der Waals surface area contributed by atoms with Gasteiger partial charge in [-0.1, -0.05) is 34.1 Å². The third-order valence-corrected chi connectivity index (χ3v) is 3.95. The Balaban J connectivity index is 2.21. The van der Waals surface area contributed by atoms with Crippen molar-refractivity contribution >= 4 is 27.3 Å². The Morgan fingerprint density at radius 1 is 1.41 bits per heavy atom. The van der Waals surface area contributed by atoms with E-state index in [0.29, 0.717) is 6.42 Å². The molecule has 2 rings (SSSR count). The zero-order valence-corrected chi connectivity index (χ0v) is 11.5. The number of hydrogen-bond donors (Lipinski definition) is 2. The van der Waals surface area contributed by atoms with Crippen LogP contribution in [0.25, 0.3) is 11.3 Å². The molecule has 1 unspecified atom stereocenters. The molecule has 0 saturated carbocycles. The Kier molecular flexibility index (Phi) is 4.28. The molecule has 1 aromatic heterocycles. The van der Waals surface area contributed by atoms with Gasteiger partial charge in [0.1, 0.15) is 0 Å². The number of aliphatic hydroxyl groups is 1. The maximum absolute atomic E-state index is 9.48. The van der Waals surface area contributed by atoms with E-state index in [1.165, 1.54) is 0 Å². The lowest BCUT2D eigenvalue weighted by atomic mass is 10.2. The molecular formula is C12H13BrN2OS. The Labute approximate surface area is 112 Å². The van der Waals surface area contributed by atoms with E-state index in [1.54, 1.807) is 11.3 Å². The van der Waals surface area contributed by atoms with E-state index in [9.17, 15) is 5.11 Å². The van der Waals surface area contributed by atoms with Crippen LogP contribution in [0.2, 0.25) is 0 Å². The van der Waals surface area contributed by atoms with Gasteiger partial charge in [0, 0.05) is 28.4 Å². The van der Waals surface area contributed by atoms with Crippen LogP contribution in [0.3, 0.4) is 0 Å². The molecule has 90 valence electrons. The van der Waals surface area contributed by atoms with Crippen LogP contribution >= 0.6 is 27.3 Å². The number of hydrogen-bond acceptors (Lipinski definition) is 4. The lowest BCUT2D eigenvalue weighted by Gasteiger charge is -2.03. The molecule has 3 N–H and O–H groups in total. The van der Waals surface area contributed by atoms with Crippen molar-refractivity contribution in [2.24, 2.45) is 5.73 Å². The Morgan fingerprint density at radius 3 is 2.88 bits per heavy atom. The molecule has 5 heteroatoms. The number of nitrogens with two attached hydrogens (primary N) is 1. The van der Waals surface area contributed by atoms with Crippen molar-refractivity contribution in [3.05, 3.63) is 39.1 Å². The van der Waals surface area contributed by atoms with Crippen LogP contribution in [0, 0.1) is 0 Å². The van der Waals surface area contributed by atoms with Crippen molar-refractivity contribution in [3.8, 4) is 11.3 Å². The van der Waals surface area contributed by atoms with Gasteiger partial charge in [-0.15, -0.1) is 11.3 Å². The maximum atomic E-state index is 9.48. The molecule has 0 aliphatic heterocycles. The molecule has 0 saturated heterocycles. The molecule has 1 atom stereocenters. The SMILES string of the molecule is NCC(O)Cc1nc(-c2ccccc2Br)cs1. The highest BCUT2D eigenvalue weighted by Gasteiger charge is 2.10. The maximum Gasteiger partial charge on any atom is 0.0958 e. The summed E-state index contributed by atoms with van der Waals surface area (Å²) < 4.78 is 1.02. The summed E-state index contributed by atoms with van der Waals surface area (Å²) in [5, 5.41) is 12.4. The monoisotopic (exact) mass is 312 g/mol. The average Bonchev–Trinajstić information content (AvgIpc) is 2.78. The minimum Gasteiger partial charge on any atom is -0.391 e. The quantitative estimate of drug-likeness (QED) is 0.911. The van der Waals surface area contributed by atoms with Crippen LogP contribution in [0.15, 0.2) is 34.1 Å². The van der Waals surface area contributed by atoms with Gasteiger partial charge in [0.25, 0.3) is 0 Å². The van der Waals surface area contributed by atoms with Crippen LogP contribution in [0.5, 0.6) is 0 Å². The zero-order valence-electron chi connectivity index (χ0n) is 9.14. The van der Waals surface area contributed by atoms with Gasteiger partial charge >= 0.3 is 0 Å². The second-order valence-electron chi connectivity index (χ2n) is 3.70. The van der Waals surface area contributed by atoms with E-state index < -0.39 is 6.10 Å². The first-order valence-electron chi connectivity index (χ1n) is 5.28. The summed E-state index contributed by atoms with van der Waals surface area (Å²) in [4.78, 5) is 4.50. The summed E-state index contributed by atoms with van der Waals surface area (Å²) in [6.45, 7) is 0.268. The Hall–Kier alpha value is -0.750. The Bertz CT molecular complexity index is 501. The average molecular weight is 313 g/mol. The van der Waals surface area contributed by atoms with Gasteiger partial charge in [0.2, 0.25) is 0 Å². The van der Waals surface area contributed by atoms with E-state index in [2.05, 4.69) is 20.9 Å². The lowest BCUT2D eigenvalue weighted by molar-refractivity contribution is 0.183. The van der Waals surface area contributed by atoms with Crippen LogP contribution in [-0.2, 0) is 6.42 Å². The van der Waals surface area contributed by atoms with Gasteiger partial charge in [-0.05, 0) is 6.07 Å². The molecule has 0 aliphatic carbocycles. The van der Waals surface area contributed by atoms with Crippen molar-refractivity contribution < 1.29 is 5.11 Å². The molecule has 0 fully saturated rings. The van der Waals surface area contributed by atoms with Gasteiger partial charge in [0.15, 0.2) is 0 Å². The molecule has 0 spiro atoms. The standard InChI is InChI=1S/C12H13BrN2OS/c13-10-4-2-1-3-9(10)11-7-17-12(15-11)5-8(16)6-14/h1-4,7-8,16H,5-6,14H2. The highest BCUT2D eigenvalue weighted by atomic mass is 79.9. The molecular weight excluding hydrogens is 300 g/mol. The predicted octanol–water partition coefficient (Wildman–Crippen LogP) is 2.43. The molecule has 0 amide bonds. The minimum atomic E-state index is -0.506. The van der Waals surface area contributed by atoms with Crippen LogP contribution in [0.1, 0.15) is 5.01 Å². The molecule has 0 bridgehead atoms. The zero-order chi connectivity index (χ0) is 12.3. The molecule has 3 nitrogen and oxygen atoms in total. The smallest absolute Gasteiger partial charge is 0.0958 e. The molecule has 0 radical (unpaired) electrons. The first-order valence-corrected chi connectivity index (χ1v) is 6.95. The predicted molar refractivity (Wildman–Crippen MR) is 74.0 cm³/mol. The summed E-state index contributed by atoms with van der Waals surface area (Å²) in [5.74, 6) is 0. The minimum absolute atomic E-state index is 0.268. The number of aromatic nitrogens is 1. The summed E-state index contributed by atoms with van der Waals surface area (Å²) >= 11 is 5.05. The number of thiazole rings is 1. The molecule has 17 heavy (non-hydrogen) atoms. The largest absolute Gasteiger partial charge is 0.391 e. The van der Waals surface area contributed by atoms with E-state index in [-0.39, 0.29) is 6.54 Å². The Morgan fingerprint density at radius 2 is 2.18 bits per heavy atom. The van der Waals surface area contributed by atoms with Crippen molar-refractivity contribution in [1.29, 1.82) is 0 Å². The van der Waals surface area contributed by atoms with E-state index >= 15 is 0 Å². The third kappa shape index (κ3) is 3.13. The normalized spacial score (nSPS) is 12.6. The van der Waals surface area contributed by atoms with Gasteiger partial charge in [-0.25, -0.2) is 4.98 Å². The van der Waals surface area contributed by atoms with Crippen molar-refractivity contribution in [3.63, 3.8) is 0 Å². The van der Waals surface area contributed by atoms with Crippen molar-refractivity contribution in [2.75, 3.05) is 6.54 Å². The fourth-order valence-corrected chi connectivity index (χ4v) is 2.84. The van der Waals surface area contributed by atoms with E-state index in [0.717, 1.165) is 20.7 Å². The number of benzene rings is 1. The molecule has 2 aromatic rings. The van der Waals surface area contributed by atoms with Crippen LogP contribution in [-0.4, -0.2) is 22.7 Å². The molecule has 1 aromatic carbocycles. The third-order valence-electron chi connectivity index (χ3n) is 2.38. The van der Waals surface area contributed by atoms with Gasteiger partial charge in [-0.2, -0.15) is 0 Å². The number of nitrogens with zero attached hydrogens (tertiary/aromatic N) is 1. The van der Waals surface area contributed by atoms with E-state index in [1.807, 2.05) is 29.6 Å². The van der Waals surface area contributed by atoms with Gasteiger partial charge in [-0.3, -0.25) is 0 Å². The topological polar surface area (TPSA) is 59.1 Å². The highest BCUT2D eigenvalue weighted by molar-refractivity contribution is 9.10. The van der Waals surface area contributed by atoms with Gasteiger partial charge in [0.05, 0.1) is 16.8 Å². The van der Waals surface area contributed by atoms with Crippen LogP contribution < -0.4 is 5.73 Å². The molecule has 0 aliphatic rings. The summed E-state index contributed by atoms with van der Waals surface area (Å²) in [6.07, 6.45) is 0.0132. The molecule has 1 heterocycles. The fourth-order valence-electron chi connectivity index (χ4n) is 1.48. The van der Waals surface area contributed by atoms with Crippen LogP contribution in [0.4, 0.5) is 0 Å². The second kappa shape index (κ2) is 5.73.